The molecule has 0 saturated heterocycles. The van der Waals surface area contributed by atoms with Crippen LogP contribution in [-0.4, -0.2) is 29.6 Å². The normalized spacial score (nSPS) is 10.7. The van der Waals surface area contributed by atoms with E-state index < -0.39 is 0 Å². The van der Waals surface area contributed by atoms with Gasteiger partial charge in [0.15, 0.2) is 0 Å². The number of H-pyrrole nitrogens is 1. The van der Waals surface area contributed by atoms with Crippen molar-refractivity contribution in [2.75, 3.05) is 19.0 Å². The maximum atomic E-state index is 11.5. The molecular weight excluding hydrogens is 266 g/mol. The number of hydrogen-bond acceptors (Lipinski definition) is 3. The lowest BCUT2D eigenvalue weighted by Gasteiger charge is -2.05. The van der Waals surface area contributed by atoms with Crippen LogP contribution in [0.15, 0.2) is 48.5 Å². The monoisotopic (exact) mass is 281 g/mol. The van der Waals surface area contributed by atoms with Gasteiger partial charge in [0.05, 0.1) is 11.0 Å². The van der Waals surface area contributed by atoms with Crippen molar-refractivity contribution in [2.24, 2.45) is 0 Å². The van der Waals surface area contributed by atoms with Gasteiger partial charge in [0.1, 0.15) is 12.4 Å². The zero-order chi connectivity index (χ0) is 14.7. The predicted molar refractivity (Wildman–Crippen MR) is 82.0 cm³/mol. The maximum absolute atomic E-state index is 11.5. The van der Waals surface area contributed by atoms with Crippen molar-refractivity contribution < 1.29 is 9.53 Å². The summed E-state index contributed by atoms with van der Waals surface area (Å²) in [5, 5.41) is 2.78. The number of ether oxygens (including phenoxy) is 1. The maximum Gasteiger partial charge on any atom is 0.250 e. The van der Waals surface area contributed by atoms with Crippen LogP contribution in [0.5, 0.6) is 0 Å². The average molecular weight is 281 g/mol. The fraction of sp³-hybridized carbons (Fsp3) is 0.125. The molecule has 0 spiro atoms. The number of imidazole rings is 1. The van der Waals surface area contributed by atoms with E-state index >= 15 is 0 Å². The summed E-state index contributed by atoms with van der Waals surface area (Å²) in [6.45, 7) is 0.0366. The van der Waals surface area contributed by atoms with E-state index in [9.17, 15) is 4.79 Å². The fourth-order valence-electron chi connectivity index (χ4n) is 2.16. The van der Waals surface area contributed by atoms with Crippen LogP contribution in [0, 0.1) is 0 Å². The topological polar surface area (TPSA) is 67.0 Å². The minimum absolute atomic E-state index is 0.0366. The number of nitrogens with one attached hydrogen (secondary N) is 2. The van der Waals surface area contributed by atoms with E-state index in [4.69, 9.17) is 4.74 Å². The zero-order valence-electron chi connectivity index (χ0n) is 11.6. The summed E-state index contributed by atoms with van der Waals surface area (Å²) >= 11 is 0. The second-order valence-corrected chi connectivity index (χ2v) is 4.66. The van der Waals surface area contributed by atoms with Crippen molar-refractivity contribution in [3.8, 4) is 11.4 Å². The van der Waals surface area contributed by atoms with Gasteiger partial charge < -0.3 is 15.0 Å². The smallest absolute Gasteiger partial charge is 0.250 e. The molecule has 2 aromatic carbocycles. The summed E-state index contributed by atoms with van der Waals surface area (Å²) < 4.78 is 4.80. The first-order valence-corrected chi connectivity index (χ1v) is 6.60. The number of anilines is 1. The molecule has 0 aliphatic rings. The molecule has 0 atom stereocenters. The van der Waals surface area contributed by atoms with E-state index in [1.165, 1.54) is 7.11 Å². The summed E-state index contributed by atoms with van der Waals surface area (Å²) in [5.74, 6) is 0.596. The Hall–Kier alpha value is -2.66. The fourth-order valence-corrected chi connectivity index (χ4v) is 2.16. The Morgan fingerprint density at radius 2 is 2.10 bits per heavy atom. The minimum atomic E-state index is -0.181. The molecule has 0 bridgehead atoms. The zero-order valence-corrected chi connectivity index (χ0v) is 11.6. The summed E-state index contributed by atoms with van der Waals surface area (Å²) in [5.41, 5.74) is 3.54. The van der Waals surface area contributed by atoms with Crippen LogP contribution in [0.25, 0.3) is 22.4 Å². The molecule has 0 aliphatic carbocycles. The van der Waals surface area contributed by atoms with E-state index in [1.807, 2.05) is 48.5 Å². The van der Waals surface area contributed by atoms with E-state index in [0.717, 1.165) is 28.1 Å². The third-order valence-corrected chi connectivity index (χ3v) is 3.08. The van der Waals surface area contributed by atoms with E-state index in [0.29, 0.717) is 0 Å². The molecule has 0 radical (unpaired) electrons. The molecule has 5 heteroatoms. The lowest BCUT2D eigenvalue weighted by molar-refractivity contribution is -0.119. The molecule has 1 aromatic heterocycles. The van der Waals surface area contributed by atoms with Crippen molar-refractivity contribution in [1.29, 1.82) is 0 Å². The van der Waals surface area contributed by atoms with Crippen molar-refractivity contribution in [2.45, 2.75) is 0 Å². The number of amides is 1. The molecule has 106 valence electrons. The molecule has 2 N–H and O–H groups in total. The van der Waals surface area contributed by atoms with Gasteiger partial charge >= 0.3 is 0 Å². The third-order valence-electron chi connectivity index (χ3n) is 3.08. The molecule has 5 nitrogen and oxygen atoms in total. The van der Waals surface area contributed by atoms with Gasteiger partial charge in [0.25, 0.3) is 0 Å². The highest BCUT2D eigenvalue weighted by atomic mass is 16.5. The highest BCUT2D eigenvalue weighted by molar-refractivity contribution is 5.92. The number of rotatable bonds is 4. The summed E-state index contributed by atoms with van der Waals surface area (Å²) in [6.07, 6.45) is 0. The quantitative estimate of drug-likeness (QED) is 0.772. The second-order valence-electron chi connectivity index (χ2n) is 4.66. The Balaban J connectivity index is 1.90. The van der Waals surface area contributed by atoms with Crippen LogP contribution in [-0.2, 0) is 9.53 Å². The number of hydrogen-bond donors (Lipinski definition) is 2. The Morgan fingerprint density at radius 3 is 2.90 bits per heavy atom. The Kier molecular flexibility index (Phi) is 3.66. The highest BCUT2D eigenvalue weighted by Gasteiger charge is 2.07. The van der Waals surface area contributed by atoms with Gasteiger partial charge in [0.2, 0.25) is 5.91 Å². The first-order chi connectivity index (χ1) is 10.3. The number of benzene rings is 2. The average Bonchev–Trinajstić information content (AvgIpc) is 2.91. The molecule has 0 unspecified atom stereocenters. The van der Waals surface area contributed by atoms with Gasteiger partial charge in [0, 0.05) is 18.4 Å². The summed E-state index contributed by atoms with van der Waals surface area (Å²) in [7, 11) is 1.49. The van der Waals surface area contributed by atoms with Crippen LogP contribution in [0.1, 0.15) is 0 Å². The van der Waals surface area contributed by atoms with Crippen LogP contribution in [0.2, 0.25) is 0 Å². The van der Waals surface area contributed by atoms with Crippen LogP contribution >= 0.6 is 0 Å². The molecule has 21 heavy (non-hydrogen) atoms. The molecular formula is C16H15N3O2. The van der Waals surface area contributed by atoms with E-state index in [-0.39, 0.29) is 12.5 Å². The number of nitrogens with zero attached hydrogens (tertiary/aromatic N) is 1. The number of aromatic amines is 1. The van der Waals surface area contributed by atoms with Gasteiger partial charge in [-0.3, -0.25) is 4.79 Å². The van der Waals surface area contributed by atoms with Crippen molar-refractivity contribution >= 4 is 22.6 Å². The molecule has 3 rings (SSSR count). The Morgan fingerprint density at radius 1 is 1.24 bits per heavy atom. The van der Waals surface area contributed by atoms with Crippen molar-refractivity contribution in [1.82, 2.24) is 9.97 Å². The van der Waals surface area contributed by atoms with Gasteiger partial charge in [-0.25, -0.2) is 4.98 Å². The molecule has 1 amide bonds. The molecule has 1 heterocycles. The van der Waals surface area contributed by atoms with Crippen molar-refractivity contribution in [3.63, 3.8) is 0 Å². The molecule has 0 fully saturated rings. The van der Waals surface area contributed by atoms with Crippen molar-refractivity contribution in [3.05, 3.63) is 48.5 Å². The third kappa shape index (κ3) is 2.93. The standard InChI is InChI=1S/C16H15N3O2/c1-21-10-15(20)17-12-6-4-5-11(9-12)16-18-13-7-2-3-8-14(13)19-16/h2-9H,10H2,1H3,(H,17,20)(H,18,19). The van der Waals surface area contributed by atoms with Gasteiger partial charge in [-0.2, -0.15) is 0 Å². The van der Waals surface area contributed by atoms with Crippen LogP contribution < -0.4 is 5.32 Å². The lowest BCUT2D eigenvalue weighted by atomic mass is 10.2. The highest BCUT2D eigenvalue weighted by Crippen LogP contribution is 2.22. The van der Waals surface area contributed by atoms with Gasteiger partial charge in [-0.15, -0.1) is 0 Å². The second kappa shape index (κ2) is 5.76. The number of methoxy groups -OCH3 is 1. The first-order valence-electron chi connectivity index (χ1n) is 6.60. The molecule has 0 saturated carbocycles. The number of para-hydroxylation sites is 2. The lowest BCUT2D eigenvalue weighted by Crippen LogP contribution is -2.16. The number of aromatic nitrogens is 2. The predicted octanol–water partition coefficient (Wildman–Crippen LogP) is 2.81. The molecule has 0 aliphatic heterocycles. The number of fused-ring (bicyclic) bond motifs is 1. The Labute approximate surface area is 122 Å². The van der Waals surface area contributed by atoms with E-state index in [1.54, 1.807) is 0 Å². The van der Waals surface area contributed by atoms with Crippen LogP contribution in [0.4, 0.5) is 5.69 Å². The number of carbonyl (C=O) groups is 1. The first kappa shape index (κ1) is 13.3. The molecule has 3 aromatic rings. The SMILES string of the molecule is COCC(=O)Nc1cccc(-c2nc3ccccc3[nH]2)c1. The summed E-state index contributed by atoms with van der Waals surface area (Å²) in [4.78, 5) is 19.4. The van der Waals surface area contributed by atoms with E-state index in [2.05, 4.69) is 15.3 Å². The van der Waals surface area contributed by atoms with Gasteiger partial charge in [-0.1, -0.05) is 24.3 Å². The minimum Gasteiger partial charge on any atom is -0.375 e. The van der Waals surface area contributed by atoms with Gasteiger partial charge in [-0.05, 0) is 24.3 Å². The largest absolute Gasteiger partial charge is 0.375 e. The number of carbonyl (C=O) groups excluding carboxylic acids is 1. The Bertz CT molecular complexity index is 747. The van der Waals surface area contributed by atoms with Crippen LogP contribution in [0.3, 0.4) is 0 Å². The summed E-state index contributed by atoms with van der Waals surface area (Å²) in [6, 6.07) is 15.4.